The Balaban J connectivity index is 1.40. The van der Waals surface area contributed by atoms with E-state index in [1.165, 1.54) is 11.3 Å². The van der Waals surface area contributed by atoms with E-state index < -0.39 is 5.41 Å². The number of likely N-dealkylation sites (N-methyl/N-ethyl adjacent to an activating group) is 1. The lowest BCUT2D eigenvalue weighted by molar-refractivity contribution is -0.117. The topological polar surface area (TPSA) is 152 Å². The molecule has 2 saturated heterocycles. The molecule has 0 saturated carbocycles. The zero-order valence-corrected chi connectivity index (χ0v) is 24.5. The van der Waals surface area contributed by atoms with Gasteiger partial charge in [0.25, 0.3) is 0 Å². The van der Waals surface area contributed by atoms with E-state index in [-0.39, 0.29) is 35.3 Å². The standard InChI is InChI=1S/C30H37N7O3S/c1-17(20-8-5-13-36(20)2)40-23-15-22(37-14-6-10-24(37)38)34-29(35-23)26(32)18-7-3-11-30(27(18)39)12-4-9-21-25(30)19(16-31)28(33)41-21/h15,17,20,32,39H,3-14,33H2,1-2H3/t17-,20-,30-/m0/s1. The number of carbonyl (C=O) groups is 1. The number of thiophene rings is 1. The molecule has 6 rings (SSSR count). The third-order valence-electron chi connectivity index (χ3n) is 9.37. The number of allylic oxidation sites excluding steroid dienone is 2. The van der Waals surface area contributed by atoms with Gasteiger partial charge in [0.1, 0.15) is 34.5 Å². The number of amides is 1. The smallest absolute Gasteiger partial charge is 0.228 e. The molecule has 4 aliphatic rings. The molecule has 0 aromatic carbocycles. The zero-order valence-electron chi connectivity index (χ0n) is 23.7. The monoisotopic (exact) mass is 575 g/mol. The molecule has 11 heteroatoms. The van der Waals surface area contributed by atoms with Crippen LogP contribution in [0.2, 0.25) is 0 Å². The Hall–Kier alpha value is -3.49. The Morgan fingerprint density at radius 2 is 2.02 bits per heavy atom. The molecule has 2 fully saturated rings. The summed E-state index contributed by atoms with van der Waals surface area (Å²) in [6, 6.07) is 4.23. The van der Waals surface area contributed by atoms with Crippen LogP contribution in [-0.4, -0.2) is 63.9 Å². The number of ether oxygens (including phenoxy) is 1. The number of carbonyl (C=O) groups excluding carboxylic acids is 1. The van der Waals surface area contributed by atoms with Crippen molar-refractivity contribution in [3.8, 4) is 11.9 Å². The van der Waals surface area contributed by atoms with Crippen LogP contribution in [0, 0.1) is 16.7 Å². The van der Waals surface area contributed by atoms with Crippen molar-refractivity contribution in [3.05, 3.63) is 39.2 Å². The van der Waals surface area contributed by atoms with Crippen LogP contribution in [-0.2, 0) is 16.6 Å². The number of likely N-dealkylation sites (tertiary alicyclic amines) is 1. The molecular weight excluding hydrogens is 538 g/mol. The average Bonchev–Trinajstić information content (AvgIpc) is 3.67. The van der Waals surface area contributed by atoms with Crippen molar-refractivity contribution in [1.29, 1.82) is 10.7 Å². The molecule has 1 spiro atoms. The van der Waals surface area contributed by atoms with Crippen LogP contribution in [0.25, 0.3) is 0 Å². The number of nitrogens with zero attached hydrogens (tertiary/aromatic N) is 5. The van der Waals surface area contributed by atoms with Crippen molar-refractivity contribution in [1.82, 2.24) is 14.9 Å². The number of aromatic nitrogens is 2. The summed E-state index contributed by atoms with van der Waals surface area (Å²) in [4.78, 5) is 27.0. The van der Waals surface area contributed by atoms with Crippen LogP contribution in [0.15, 0.2) is 17.4 Å². The summed E-state index contributed by atoms with van der Waals surface area (Å²) in [5.74, 6) is 0.989. The SMILES string of the molecule is C[C@H](Oc1cc(N2CCCC2=O)nc(C(=N)C2=C(O)[C@@]3(CCC2)CCCc2sc(N)c(C#N)c23)n1)[C@@H]1CCCN1C. The summed E-state index contributed by atoms with van der Waals surface area (Å²) < 4.78 is 6.34. The predicted octanol–water partition coefficient (Wildman–Crippen LogP) is 4.62. The third-order valence-corrected chi connectivity index (χ3v) is 10.4. The van der Waals surface area contributed by atoms with Gasteiger partial charge in [-0.1, -0.05) is 0 Å². The van der Waals surface area contributed by atoms with Crippen molar-refractivity contribution in [3.63, 3.8) is 0 Å². The van der Waals surface area contributed by atoms with E-state index in [2.05, 4.69) is 28.0 Å². The number of nitrogens with two attached hydrogens (primary N) is 1. The van der Waals surface area contributed by atoms with E-state index in [4.69, 9.17) is 10.5 Å². The molecular formula is C30H37N7O3S. The number of nitrogens with one attached hydrogen (secondary N) is 1. The molecule has 216 valence electrons. The lowest BCUT2D eigenvalue weighted by Gasteiger charge is -2.41. The molecule has 0 radical (unpaired) electrons. The number of nitrogen functional groups attached to an aromatic ring is 1. The zero-order chi connectivity index (χ0) is 28.9. The number of hydrogen-bond acceptors (Lipinski definition) is 10. The number of rotatable bonds is 6. The number of aliphatic hydroxyl groups is 1. The predicted molar refractivity (Wildman–Crippen MR) is 158 cm³/mol. The Labute approximate surface area is 244 Å². The van der Waals surface area contributed by atoms with Crippen molar-refractivity contribution in [2.75, 3.05) is 30.8 Å². The van der Waals surface area contributed by atoms with Gasteiger partial charge in [-0.3, -0.25) is 20.0 Å². The number of hydrogen-bond donors (Lipinski definition) is 3. The Bertz CT molecular complexity index is 1480. The second-order valence-electron chi connectivity index (χ2n) is 11.8. The van der Waals surface area contributed by atoms with E-state index >= 15 is 0 Å². The first-order valence-corrected chi connectivity index (χ1v) is 15.4. The average molecular weight is 576 g/mol. The van der Waals surface area contributed by atoms with Gasteiger partial charge < -0.3 is 15.6 Å². The molecule has 4 N–H and O–H groups in total. The lowest BCUT2D eigenvalue weighted by Crippen LogP contribution is -2.38. The first-order chi connectivity index (χ1) is 19.7. The summed E-state index contributed by atoms with van der Waals surface area (Å²) in [7, 11) is 2.09. The fraction of sp³-hybridized carbons (Fsp3) is 0.567. The van der Waals surface area contributed by atoms with Crippen LogP contribution < -0.4 is 15.4 Å². The molecule has 3 atom stereocenters. The molecule has 0 unspecified atom stereocenters. The molecule has 1 amide bonds. The number of nitriles is 1. The molecule has 41 heavy (non-hydrogen) atoms. The summed E-state index contributed by atoms with van der Waals surface area (Å²) in [6.07, 6.45) is 7.55. The minimum absolute atomic E-state index is 0.0109. The fourth-order valence-corrected chi connectivity index (χ4v) is 8.50. The normalized spacial score (nSPS) is 25.4. The first kappa shape index (κ1) is 27.7. The number of fused-ring (bicyclic) bond motifs is 2. The van der Waals surface area contributed by atoms with Crippen LogP contribution in [0.5, 0.6) is 5.88 Å². The number of anilines is 2. The fourth-order valence-electron chi connectivity index (χ4n) is 7.34. The lowest BCUT2D eigenvalue weighted by atomic mass is 9.63. The van der Waals surface area contributed by atoms with E-state index in [0.29, 0.717) is 60.1 Å². The van der Waals surface area contributed by atoms with E-state index in [1.54, 1.807) is 11.0 Å². The molecule has 0 bridgehead atoms. The van der Waals surface area contributed by atoms with E-state index in [1.807, 2.05) is 6.92 Å². The maximum atomic E-state index is 12.7. The minimum atomic E-state index is -0.740. The van der Waals surface area contributed by atoms with Gasteiger partial charge in [0.05, 0.1) is 11.0 Å². The molecule has 4 heterocycles. The Morgan fingerprint density at radius 3 is 2.71 bits per heavy atom. The summed E-state index contributed by atoms with van der Waals surface area (Å²) in [6.45, 7) is 3.60. The Kier molecular flexibility index (Phi) is 7.24. The molecule has 2 aromatic heterocycles. The van der Waals surface area contributed by atoms with E-state index in [9.17, 15) is 20.6 Å². The summed E-state index contributed by atoms with van der Waals surface area (Å²) in [5.41, 5.74) is 7.30. The third kappa shape index (κ3) is 4.67. The van der Waals surface area contributed by atoms with Gasteiger partial charge >= 0.3 is 0 Å². The highest BCUT2D eigenvalue weighted by Gasteiger charge is 2.47. The van der Waals surface area contributed by atoms with Gasteiger partial charge in [-0.15, -0.1) is 11.3 Å². The molecule has 2 aromatic rings. The van der Waals surface area contributed by atoms with Gasteiger partial charge in [0, 0.05) is 35.5 Å². The second-order valence-corrected chi connectivity index (χ2v) is 12.9. The largest absolute Gasteiger partial charge is 0.511 e. The highest BCUT2D eigenvalue weighted by atomic mass is 32.1. The number of aryl methyl sites for hydroxylation is 1. The van der Waals surface area contributed by atoms with Crippen LogP contribution in [0.1, 0.15) is 86.5 Å². The highest BCUT2D eigenvalue weighted by Crippen LogP contribution is 2.54. The van der Waals surface area contributed by atoms with Crippen molar-refractivity contribution in [2.45, 2.75) is 88.7 Å². The summed E-state index contributed by atoms with van der Waals surface area (Å²) >= 11 is 1.44. The molecule has 2 aliphatic carbocycles. The van der Waals surface area contributed by atoms with Crippen LogP contribution in [0.4, 0.5) is 10.8 Å². The Morgan fingerprint density at radius 1 is 1.24 bits per heavy atom. The van der Waals surface area contributed by atoms with Crippen molar-refractivity contribution in [2.24, 2.45) is 0 Å². The van der Waals surface area contributed by atoms with Crippen molar-refractivity contribution < 1.29 is 14.6 Å². The maximum Gasteiger partial charge on any atom is 0.228 e. The number of aliphatic hydroxyl groups excluding tert-OH is 1. The maximum absolute atomic E-state index is 12.7. The van der Waals surface area contributed by atoms with Crippen LogP contribution in [0.3, 0.4) is 0 Å². The second kappa shape index (κ2) is 10.7. The van der Waals surface area contributed by atoms with Gasteiger partial charge in [0.2, 0.25) is 11.8 Å². The van der Waals surface area contributed by atoms with Gasteiger partial charge in [0.15, 0.2) is 5.82 Å². The summed E-state index contributed by atoms with van der Waals surface area (Å²) in [5, 5.41) is 31.6. The highest BCUT2D eigenvalue weighted by molar-refractivity contribution is 7.16. The first-order valence-electron chi connectivity index (χ1n) is 14.6. The quantitative estimate of drug-likeness (QED) is 0.422. The molecule has 10 nitrogen and oxygen atoms in total. The van der Waals surface area contributed by atoms with Gasteiger partial charge in [-0.2, -0.15) is 10.2 Å². The van der Waals surface area contributed by atoms with Gasteiger partial charge in [-0.05, 0) is 83.9 Å². The van der Waals surface area contributed by atoms with Crippen molar-refractivity contribution >= 4 is 33.8 Å². The minimum Gasteiger partial charge on any atom is -0.511 e. The van der Waals surface area contributed by atoms with E-state index in [0.717, 1.165) is 55.5 Å². The van der Waals surface area contributed by atoms with Crippen LogP contribution >= 0.6 is 11.3 Å². The molecule has 2 aliphatic heterocycles. The van der Waals surface area contributed by atoms with Gasteiger partial charge in [-0.25, -0.2) is 4.98 Å².